The Hall–Kier alpha value is -3.58. The molecule has 0 spiro atoms. The lowest BCUT2D eigenvalue weighted by Crippen LogP contribution is -2.31. The summed E-state index contributed by atoms with van der Waals surface area (Å²) in [5.74, 6) is 0.966. The molecular formula is C27H27N3O3S. The van der Waals surface area contributed by atoms with Crippen LogP contribution in [-0.2, 0) is 11.8 Å². The van der Waals surface area contributed by atoms with Gasteiger partial charge in [0.15, 0.2) is 11.0 Å². The highest BCUT2D eigenvalue weighted by molar-refractivity contribution is 8.14. The molecule has 6 nitrogen and oxygen atoms in total. The molecule has 0 aliphatic carbocycles. The molecule has 1 amide bonds. The molecule has 0 atom stereocenters. The molecule has 1 aliphatic heterocycles. The molecule has 0 saturated heterocycles. The molecule has 0 N–H and O–H groups in total. The van der Waals surface area contributed by atoms with E-state index in [1.54, 1.807) is 34.8 Å². The number of benzene rings is 2. The summed E-state index contributed by atoms with van der Waals surface area (Å²) in [6.45, 7) is 4.29. The lowest BCUT2D eigenvalue weighted by molar-refractivity contribution is -0.113. The number of amides is 1. The number of aryl methyl sites for hydroxylation is 1. The largest absolute Gasteiger partial charge is 0.497 e. The minimum Gasteiger partial charge on any atom is -0.497 e. The Kier molecular flexibility index (Phi) is 7.03. The smallest absolute Gasteiger partial charge is 0.283 e. The molecule has 4 rings (SSSR count). The van der Waals surface area contributed by atoms with Gasteiger partial charge in [0.2, 0.25) is 0 Å². The number of carbonyl (C=O) groups is 2. The maximum atomic E-state index is 13.4. The number of ether oxygens (including phenoxy) is 1. The van der Waals surface area contributed by atoms with Gasteiger partial charge in [0.1, 0.15) is 11.4 Å². The van der Waals surface area contributed by atoms with Crippen molar-refractivity contribution in [3.8, 4) is 5.75 Å². The molecule has 174 valence electrons. The van der Waals surface area contributed by atoms with Gasteiger partial charge in [0, 0.05) is 19.3 Å². The van der Waals surface area contributed by atoms with E-state index in [1.807, 2.05) is 49.6 Å². The van der Waals surface area contributed by atoms with Crippen LogP contribution in [0.2, 0.25) is 0 Å². The number of rotatable bonds is 7. The Labute approximate surface area is 203 Å². The van der Waals surface area contributed by atoms with Crippen molar-refractivity contribution in [1.82, 2.24) is 4.57 Å². The fourth-order valence-corrected chi connectivity index (χ4v) is 4.55. The van der Waals surface area contributed by atoms with Crippen LogP contribution in [0.15, 0.2) is 77.5 Å². The maximum Gasteiger partial charge on any atom is 0.283 e. The Balaban J connectivity index is 1.65. The van der Waals surface area contributed by atoms with Crippen molar-refractivity contribution < 1.29 is 14.3 Å². The van der Waals surface area contributed by atoms with Crippen LogP contribution in [0.25, 0.3) is 6.08 Å². The normalized spacial score (nSPS) is 14.7. The lowest BCUT2D eigenvalue weighted by Gasteiger charge is -2.18. The number of methoxy groups -OCH3 is 1. The van der Waals surface area contributed by atoms with E-state index in [0.29, 0.717) is 33.9 Å². The van der Waals surface area contributed by atoms with Gasteiger partial charge in [-0.05, 0) is 47.4 Å². The van der Waals surface area contributed by atoms with Crippen molar-refractivity contribution >= 4 is 40.4 Å². The molecule has 1 aliphatic rings. The minimum atomic E-state index is -0.241. The minimum absolute atomic E-state index is 0.0278. The first kappa shape index (κ1) is 23.6. The maximum absolute atomic E-state index is 13.4. The fourth-order valence-electron chi connectivity index (χ4n) is 3.66. The van der Waals surface area contributed by atoms with Gasteiger partial charge in [-0.2, -0.15) is 0 Å². The first-order chi connectivity index (χ1) is 16.4. The zero-order valence-electron chi connectivity index (χ0n) is 19.7. The molecule has 0 fully saturated rings. The van der Waals surface area contributed by atoms with Crippen molar-refractivity contribution in [2.24, 2.45) is 12.0 Å². The Morgan fingerprint density at radius 1 is 1.12 bits per heavy atom. The van der Waals surface area contributed by atoms with E-state index in [1.165, 1.54) is 17.3 Å². The van der Waals surface area contributed by atoms with Crippen LogP contribution in [0, 0.1) is 0 Å². The Morgan fingerprint density at radius 3 is 2.53 bits per heavy atom. The fraction of sp³-hybridized carbons (Fsp3) is 0.222. The molecule has 1 aromatic heterocycles. The Bertz CT molecular complexity index is 1270. The van der Waals surface area contributed by atoms with E-state index in [0.717, 1.165) is 5.56 Å². The summed E-state index contributed by atoms with van der Waals surface area (Å²) in [5, 5.41) is 0.464. The third-order valence-electron chi connectivity index (χ3n) is 5.61. The average Bonchev–Trinajstić information content (AvgIpc) is 3.40. The Morgan fingerprint density at radius 2 is 1.88 bits per heavy atom. The number of aromatic nitrogens is 1. The van der Waals surface area contributed by atoms with Gasteiger partial charge in [0.05, 0.1) is 24.2 Å². The number of carbonyl (C=O) groups excluding carboxylic acids is 2. The van der Waals surface area contributed by atoms with Crippen molar-refractivity contribution in [3.63, 3.8) is 0 Å². The first-order valence-corrected chi connectivity index (χ1v) is 12.0. The predicted octanol–water partition coefficient (Wildman–Crippen LogP) is 5.52. The van der Waals surface area contributed by atoms with Gasteiger partial charge in [-0.3, -0.25) is 14.5 Å². The molecule has 2 aromatic carbocycles. The average molecular weight is 474 g/mol. The SMILES string of the molecule is COc1cccc(N2C(=O)/C(=C\c3ccc(C(C)C)cc3)N=C2SCC(=O)c2cccn2C)c1. The van der Waals surface area contributed by atoms with Crippen LogP contribution in [0.3, 0.4) is 0 Å². The van der Waals surface area contributed by atoms with E-state index in [9.17, 15) is 9.59 Å². The number of Topliss-reactive ketones (excluding diaryl/α,β-unsaturated/α-hetero) is 1. The topological polar surface area (TPSA) is 63.9 Å². The van der Waals surface area contributed by atoms with Crippen LogP contribution >= 0.6 is 11.8 Å². The molecule has 34 heavy (non-hydrogen) atoms. The standard InChI is InChI=1S/C27H27N3O3S/c1-18(2)20-12-10-19(11-13-20)15-23-26(32)30(21-7-5-8-22(16-21)33-4)27(28-23)34-17-25(31)24-9-6-14-29(24)3/h5-16,18H,17H2,1-4H3/b23-15+. The van der Waals surface area contributed by atoms with Gasteiger partial charge in [-0.1, -0.05) is 55.9 Å². The molecule has 0 bridgehead atoms. The summed E-state index contributed by atoms with van der Waals surface area (Å²) in [7, 11) is 3.42. The number of nitrogens with zero attached hydrogens (tertiary/aromatic N) is 3. The van der Waals surface area contributed by atoms with Crippen molar-refractivity contribution in [1.29, 1.82) is 0 Å². The molecule has 0 saturated carbocycles. The summed E-state index contributed by atoms with van der Waals surface area (Å²) in [4.78, 5) is 32.3. The van der Waals surface area contributed by atoms with Gasteiger partial charge < -0.3 is 9.30 Å². The molecule has 2 heterocycles. The first-order valence-electron chi connectivity index (χ1n) is 11.0. The number of hydrogen-bond acceptors (Lipinski definition) is 5. The molecule has 7 heteroatoms. The summed E-state index contributed by atoms with van der Waals surface area (Å²) in [6.07, 6.45) is 3.62. The van der Waals surface area contributed by atoms with Gasteiger partial charge in [-0.25, -0.2) is 4.99 Å². The summed E-state index contributed by atoms with van der Waals surface area (Å²) >= 11 is 1.25. The summed E-state index contributed by atoms with van der Waals surface area (Å²) in [5.41, 5.74) is 3.71. The number of anilines is 1. The highest BCUT2D eigenvalue weighted by atomic mass is 32.2. The quantitative estimate of drug-likeness (QED) is 0.335. The van der Waals surface area contributed by atoms with Crippen LogP contribution in [0.1, 0.15) is 41.4 Å². The number of ketones is 1. The molecule has 3 aromatic rings. The van der Waals surface area contributed by atoms with E-state index >= 15 is 0 Å². The van der Waals surface area contributed by atoms with Crippen molar-refractivity contribution in [2.75, 3.05) is 17.8 Å². The monoisotopic (exact) mass is 473 g/mol. The van der Waals surface area contributed by atoms with Gasteiger partial charge >= 0.3 is 0 Å². The molecule has 0 unspecified atom stereocenters. The molecule has 0 radical (unpaired) electrons. The lowest BCUT2D eigenvalue weighted by atomic mass is 10.0. The van der Waals surface area contributed by atoms with Crippen molar-refractivity contribution in [2.45, 2.75) is 19.8 Å². The second-order valence-electron chi connectivity index (χ2n) is 8.30. The van der Waals surface area contributed by atoms with Crippen LogP contribution < -0.4 is 9.64 Å². The third kappa shape index (κ3) is 4.99. The summed E-state index contributed by atoms with van der Waals surface area (Å²) < 4.78 is 7.13. The zero-order chi connectivity index (χ0) is 24.2. The number of thioether (sulfide) groups is 1. The van der Waals surface area contributed by atoms with Crippen LogP contribution in [0.4, 0.5) is 5.69 Å². The van der Waals surface area contributed by atoms with Crippen LogP contribution in [-0.4, -0.2) is 34.3 Å². The third-order valence-corrected chi connectivity index (χ3v) is 6.55. The van der Waals surface area contributed by atoms with Gasteiger partial charge in [0.25, 0.3) is 5.91 Å². The van der Waals surface area contributed by atoms with E-state index in [2.05, 4.69) is 31.0 Å². The van der Waals surface area contributed by atoms with Crippen molar-refractivity contribution in [3.05, 3.63) is 89.4 Å². The van der Waals surface area contributed by atoms with Crippen LogP contribution in [0.5, 0.6) is 5.75 Å². The highest BCUT2D eigenvalue weighted by Crippen LogP contribution is 2.31. The number of hydrogen-bond donors (Lipinski definition) is 0. The second-order valence-corrected chi connectivity index (χ2v) is 9.25. The highest BCUT2D eigenvalue weighted by Gasteiger charge is 2.32. The number of amidine groups is 1. The van der Waals surface area contributed by atoms with E-state index in [-0.39, 0.29) is 17.4 Å². The molecular weight excluding hydrogens is 446 g/mol. The predicted molar refractivity (Wildman–Crippen MR) is 139 cm³/mol. The van der Waals surface area contributed by atoms with E-state index < -0.39 is 0 Å². The van der Waals surface area contributed by atoms with E-state index in [4.69, 9.17) is 4.74 Å². The second kappa shape index (κ2) is 10.1. The van der Waals surface area contributed by atoms with Gasteiger partial charge in [-0.15, -0.1) is 0 Å². The summed E-state index contributed by atoms with van der Waals surface area (Å²) in [6, 6.07) is 19.0. The number of aliphatic imine (C=N–C) groups is 1. The zero-order valence-corrected chi connectivity index (χ0v) is 20.5.